The first-order valence-corrected chi connectivity index (χ1v) is 10.7. The summed E-state index contributed by atoms with van der Waals surface area (Å²) in [6.07, 6.45) is 1.55. The summed E-state index contributed by atoms with van der Waals surface area (Å²) in [5.41, 5.74) is 1.91. The molecule has 1 aromatic rings. The zero-order chi connectivity index (χ0) is 21.1. The first kappa shape index (κ1) is 23.2. The summed E-state index contributed by atoms with van der Waals surface area (Å²) in [5.74, 6) is 1.46. The molecule has 1 fully saturated rings. The lowest BCUT2D eigenvalue weighted by atomic mass is 10.2. The molecule has 162 valence electrons. The number of morpholine rings is 1. The highest BCUT2D eigenvalue weighted by Gasteiger charge is 2.21. The predicted octanol–water partition coefficient (Wildman–Crippen LogP) is 2.45. The Morgan fingerprint density at radius 1 is 1.34 bits per heavy atom. The van der Waals surface area contributed by atoms with E-state index in [-0.39, 0.29) is 12.0 Å². The molecule has 1 aliphatic heterocycles. The fourth-order valence-electron chi connectivity index (χ4n) is 3.41. The average molecular weight is 404 g/mol. The number of nitrogens with zero attached hydrogens (tertiary/aromatic N) is 2. The van der Waals surface area contributed by atoms with Crippen molar-refractivity contribution < 1.29 is 9.53 Å². The van der Waals surface area contributed by atoms with Crippen molar-refractivity contribution in [2.45, 2.75) is 46.3 Å². The average Bonchev–Trinajstić information content (AvgIpc) is 2.68. The molecule has 0 aliphatic carbocycles. The van der Waals surface area contributed by atoms with Gasteiger partial charge >= 0.3 is 0 Å². The van der Waals surface area contributed by atoms with Crippen molar-refractivity contribution in [2.75, 3.05) is 45.2 Å². The Labute approximate surface area is 175 Å². The second-order valence-electron chi connectivity index (χ2n) is 7.95. The van der Waals surface area contributed by atoms with E-state index in [0.29, 0.717) is 18.9 Å². The lowest BCUT2D eigenvalue weighted by molar-refractivity contribution is -0.116. The van der Waals surface area contributed by atoms with Gasteiger partial charge in [0.1, 0.15) is 0 Å². The quantitative estimate of drug-likeness (QED) is 0.436. The molecular formula is C22H37N5O2. The summed E-state index contributed by atoms with van der Waals surface area (Å²) in [4.78, 5) is 18.6. The van der Waals surface area contributed by atoms with Crippen LogP contribution in [-0.4, -0.2) is 62.7 Å². The van der Waals surface area contributed by atoms with Crippen LogP contribution in [0.15, 0.2) is 29.3 Å². The van der Waals surface area contributed by atoms with Crippen molar-refractivity contribution in [2.24, 2.45) is 10.9 Å². The van der Waals surface area contributed by atoms with Gasteiger partial charge in [0.2, 0.25) is 5.91 Å². The predicted molar refractivity (Wildman–Crippen MR) is 119 cm³/mol. The van der Waals surface area contributed by atoms with E-state index >= 15 is 0 Å². The molecule has 7 heteroatoms. The zero-order valence-corrected chi connectivity index (χ0v) is 18.3. The van der Waals surface area contributed by atoms with Crippen molar-refractivity contribution in [3.05, 3.63) is 29.8 Å². The summed E-state index contributed by atoms with van der Waals surface area (Å²) in [6.45, 7) is 11.7. The molecule has 0 saturated carbocycles. The van der Waals surface area contributed by atoms with Crippen molar-refractivity contribution in [3.8, 4) is 0 Å². The van der Waals surface area contributed by atoms with Crippen LogP contribution < -0.4 is 16.0 Å². The smallest absolute Gasteiger partial charge is 0.224 e. The van der Waals surface area contributed by atoms with E-state index in [0.717, 1.165) is 56.4 Å². The first-order valence-electron chi connectivity index (χ1n) is 10.7. The maximum atomic E-state index is 11.8. The molecule has 0 radical (unpaired) electrons. The van der Waals surface area contributed by atoms with E-state index in [1.54, 1.807) is 7.05 Å². The van der Waals surface area contributed by atoms with Gasteiger partial charge in [0.25, 0.3) is 0 Å². The third kappa shape index (κ3) is 8.83. The number of amides is 1. The van der Waals surface area contributed by atoms with Gasteiger partial charge < -0.3 is 20.7 Å². The molecule has 1 saturated heterocycles. The summed E-state index contributed by atoms with van der Waals surface area (Å²) < 4.78 is 5.89. The normalized spacial score (nSPS) is 18.0. The van der Waals surface area contributed by atoms with Crippen LogP contribution in [0.2, 0.25) is 0 Å². The Balaban J connectivity index is 1.78. The van der Waals surface area contributed by atoms with Crippen molar-refractivity contribution >= 4 is 17.6 Å². The Morgan fingerprint density at radius 2 is 2.17 bits per heavy atom. The molecule has 1 amide bonds. The topological polar surface area (TPSA) is 78.0 Å². The highest BCUT2D eigenvalue weighted by atomic mass is 16.5. The third-order valence-corrected chi connectivity index (χ3v) is 4.71. The number of anilines is 1. The van der Waals surface area contributed by atoms with E-state index in [4.69, 9.17) is 4.74 Å². The van der Waals surface area contributed by atoms with Gasteiger partial charge in [-0.05, 0) is 30.0 Å². The van der Waals surface area contributed by atoms with Gasteiger partial charge in [0.15, 0.2) is 5.96 Å². The second-order valence-corrected chi connectivity index (χ2v) is 7.95. The van der Waals surface area contributed by atoms with E-state index in [1.165, 1.54) is 0 Å². The number of nitrogens with one attached hydrogen (secondary N) is 3. The maximum Gasteiger partial charge on any atom is 0.224 e. The highest BCUT2D eigenvalue weighted by molar-refractivity contribution is 5.90. The lowest BCUT2D eigenvalue weighted by Crippen LogP contribution is -2.50. The van der Waals surface area contributed by atoms with Gasteiger partial charge in [-0.1, -0.05) is 32.9 Å². The van der Waals surface area contributed by atoms with Gasteiger partial charge in [-0.25, -0.2) is 0 Å². The van der Waals surface area contributed by atoms with Gasteiger partial charge in [-0.2, -0.15) is 0 Å². The largest absolute Gasteiger partial charge is 0.374 e. The molecule has 29 heavy (non-hydrogen) atoms. The van der Waals surface area contributed by atoms with Gasteiger partial charge in [0, 0.05) is 51.9 Å². The number of carbonyl (C=O) groups is 1. The SMILES string of the molecule is CCCC(=O)Nc1cccc(CNC(=NC)NCC2CN(CC(C)C)CCO2)c1. The van der Waals surface area contributed by atoms with Crippen LogP contribution in [-0.2, 0) is 16.1 Å². The van der Waals surface area contributed by atoms with Crippen molar-refractivity contribution in [3.63, 3.8) is 0 Å². The number of carbonyl (C=O) groups excluding carboxylic acids is 1. The number of aliphatic imine (C=N–C) groups is 1. The molecule has 1 unspecified atom stereocenters. The van der Waals surface area contributed by atoms with Crippen LogP contribution >= 0.6 is 0 Å². The standard InChI is InChI=1S/C22H37N5O2/c1-5-7-21(28)26-19-9-6-8-18(12-19)13-24-22(23-4)25-14-20-16-27(10-11-29-20)15-17(2)3/h6,8-9,12,17,20H,5,7,10-11,13-16H2,1-4H3,(H,26,28)(H2,23,24,25). The minimum atomic E-state index is 0.0501. The van der Waals surface area contributed by atoms with Crippen LogP contribution in [0.1, 0.15) is 39.2 Å². The van der Waals surface area contributed by atoms with Crippen molar-refractivity contribution in [1.29, 1.82) is 0 Å². The van der Waals surface area contributed by atoms with Crippen LogP contribution in [0.25, 0.3) is 0 Å². The number of ether oxygens (including phenoxy) is 1. The number of hydrogen-bond acceptors (Lipinski definition) is 4. The van der Waals surface area contributed by atoms with Crippen molar-refractivity contribution in [1.82, 2.24) is 15.5 Å². The Bertz CT molecular complexity index is 662. The molecule has 0 spiro atoms. The number of rotatable bonds is 9. The molecule has 1 heterocycles. The number of guanidine groups is 1. The highest BCUT2D eigenvalue weighted by Crippen LogP contribution is 2.11. The van der Waals surface area contributed by atoms with Gasteiger partial charge in [-0.15, -0.1) is 0 Å². The monoisotopic (exact) mass is 403 g/mol. The van der Waals surface area contributed by atoms with E-state index in [1.807, 2.05) is 31.2 Å². The Morgan fingerprint density at radius 3 is 2.90 bits per heavy atom. The van der Waals surface area contributed by atoms with E-state index in [2.05, 4.69) is 39.7 Å². The van der Waals surface area contributed by atoms with Crippen LogP contribution in [0.4, 0.5) is 5.69 Å². The Kier molecular flexibility index (Phi) is 9.94. The van der Waals surface area contributed by atoms with Gasteiger partial charge in [0.05, 0.1) is 12.7 Å². The summed E-state index contributed by atoms with van der Waals surface area (Å²) >= 11 is 0. The maximum absolute atomic E-state index is 11.8. The minimum absolute atomic E-state index is 0.0501. The summed E-state index contributed by atoms with van der Waals surface area (Å²) in [7, 11) is 1.77. The number of hydrogen-bond donors (Lipinski definition) is 3. The van der Waals surface area contributed by atoms with Crippen LogP contribution in [0, 0.1) is 5.92 Å². The molecule has 0 bridgehead atoms. The summed E-state index contributed by atoms with van der Waals surface area (Å²) in [5, 5.41) is 9.63. The molecule has 7 nitrogen and oxygen atoms in total. The fraction of sp³-hybridized carbons (Fsp3) is 0.636. The van der Waals surface area contributed by atoms with E-state index < -0.39 is 0 Å². The molecule has 0 aromatic heterocycles. The molecule has 1 aromatic carbocycles. The zero-order valence-electron chi connectivity index (χ0n) is 18.3. The number of benzene rings is 1. The molecule has 3 N–H and O–H groups in total. The Hall–Kier alpha value is -2.12. The molecular weight excluding hydrogens is 366 g/mol. The molecule has 1 atom stereocenters. The van der Waals surface area contributed by atoms with Crippen LogP contribution in [0.5, 0.6) is 0 Å². The molecule has 2 rings (SSSR count). The summed E-state index contributed by atoms with van der Waals surface area (Å²) in [6, 6.07) is 7.88. The van der Waals surface area contributed by atoms with Crippen LogP contribution in [0.3, 0.4) is 0 Å². The lowest BCUT2D eigenvalue weighted by Gasteiger charge is -2.34. The fourth-order valence-corrected chi connectivity index (χ4v) is 3.41. The second kappa shape index (κ2) is 12.4. The van der Waals surface area contributed by atoms with Gasteiger partial charge in [-0.3, -0.25) is 14.7 Å². The molecule has 1 aliphatic rings. The first-order chi connectivity index (χ1) is 14.0. The minimum Gasteiger partial charge on any atom is -0.374 e. The van der Waals surface area contributed by atoms with E-state index in [9.17, 15) is 4.79 Å². The third-order valence-electron chi connectivity index (χ3n) is 4.71.